The van der Waals surface area contributed by atoms with Gasteiger partial charge in [0.1, 0.15) is 5.60 Å². The number of hydrogen-bond acceptors (Lipinski definition) is 4. The molecule has 0 saturated heterocycles. The molecule has 0 radical (unpaired) electrons. The summed E-state index contributed by atoms with van der Waals surface area (Å²) in [6, 6.07) is -0.813. The summed E-state index contributed by atoms with van der Waals surface area (Å²) in [6.07, 6.45) is -0.154. The fourth-order valence-electron chi connectivity index (χ4n) is 1.78. The molecule has 1 amide bonds. The van der Waals surface area contributed by atoms with Gasteiger partial charge in [-0.25, -0.2) is 9.59 Å². The molecule has 0 aliphatic rings. The molecule has 2 atom stereocenters. The Morgan fingerprint density at radius 2 is 1.56 bits per heavy atom. The average molecular weight is 374 g/mol. The molecule has 0 aromatic heterocycles. The van der Waals surface area contributed by atoms with Gasteiger partial charge in [0.15, 0.2) is 14.4 Å². The predicted molar refractivity (Wildman–Crippen MR) is 102 cm³/mol. The van der Waals surface area contributed by atoms with E-state index >= 15 is 0 Å². The first-order valence-electron chi connectivity index (χ1n) is 8.51. The minimum atomic E-state index is -2.34. The van der Waals surface area contributed by atoms with Crippen molar-refractivity contribution in [3.63, 3.8) is 0 Å². The van der Waals surface area contributed by atoms with Gasteiger partial charge in [0.05, 0.1) is 6.04 Å². The van der Waals surface area contributed by atoms with Crippen molar-refractivity contribution in [1.29, 1.82) is 0 Å². The van der Waals surface area contributed by atoms with Crippen molar-refractivity contribution in [2.75, 3.05) is 0 Å². The molecular formula is C18H35NO5Si. The van der Waals surface area contributed by atoms with Crippen LogP contribution in [0.15, 0.2) is 11.6 Å². The van der Waals surface area contributed by atoms with Gasteiger partial charge in [-0.2, -0.15) is 0 Å². The number of ether oxygens (including phenoxy) is 1. The van der Waals surface area contributed by atoms with Crippen LogP contribution >= 0.6 is 0 Å². The van der Waals surface area contributed by atoms with Gasteiger partial charge in [0, 0.05) is 0 Å². The van der Waals surface area contributed by atoms with Gasteiger partial charge in [0.25, 0.3) is 0 Å². The molecule has 0 fully saturated rings. The summed E-state index contributed by atoms with van der Waals surface area (Å²) >= 11 is 0. The third-order valence-corrected chi connectivity index (χ3v) is 8.45. The van der Waals surface area contributed by atoms with Crippen LogP contribution in [-0.2, 0) is 14.0 Å². The van der Waals surface area contributed by atoms with Crippen molar-refractivity contribution >= 4 is 20.4 Å². The lowest BCUT2D eigenvalue weighted by Crippen LogP contribution is -2.54. The Kier molecular flexibility index (Phi) is 7.91. The number of carbonyl (C=O) groups is 2. The Morgan fingerprint density at radius 3 is 1.88 bits per heavy atom. The maximum absolute atomic E-state index is 12.1. The molecule has 0 aliphatic carbocycles. The van der Waals surface area contributed by atoms with Crippen LogP contribution in [-0.4, -0.2) is 43.2 Å². The number of allylic oxidation sites excluding steroid dienone is 1. The van der Waals surface area contributed by atoms with Gasteiger partial charge in [0.2, 0.25) is 0 Å². The molecule has 0 spiro atoms. The van der Waals surface area contributed by atoms with Crippen molar-refractivity contribution in [1.82, 2.24) is 5.32 Å². The highest BCUT2D eigenvalue weighted by Gasteiger charge is 2.43. The smallest absolute Gasteiger partial charge is 0.408 e. The summed E-state index contributed by atoms with van der Waals surface area (Å²) in [6.45, 7) is 19.0. The van der Waals surface area contributed by atoms with E-state index in [2.05, 4.69) is 5.32 Å². The zero-order chi connectivity index (χ0) is 20.2. The number of carboxylic acids is 1. The molecule has 25 heavy (non-hydrogen) atoms. The number of hydrogen-bond donors (Lipinski definition) is 2. The quantitative estimate of drug-likeness (QED) is 0.535. The van der Waals surface area contributed by atoms with Crippen LogP contribution in [0.25, 0.3) is 0 Å². The van der Waals surface area contributed by atoms with Crippen LogP contribution in [0.1, 0.15) is 55.4 Å². The SMILES string of the molecule is CC(C)=C[C@H](NC(=O)OC(C)(C)C)[C@@H](O[Si](C)(C)C(C)(C)C)C(=O)O. The summed E-state index contributed by atoms with van der Waals surface area (Å²) in [5.74, 6) is -1.11. The Bertz CT molecular complexity index is 511. The van der Waals surface area contributed by atoms with Gasteiger partial charge >= 0.3 is 12.1 Å². The zero-order valence-corrected chi connectivity index (χ0v) is 18.3. The normalized spacial score (nSPS) is 15.1. The van der Waals surface area contributed by atoms with Crippen molar-refractivity contribution in [3.8, 4) is 0 Å². The Balaban J connectivity index is 5.60. The number of carbonyl (C=O) groups excluding carboxylic acids is 1. The highest BCUT2D eigenvalue weighted by molar-refractivity contribution is 6.74. The lowest BCUT2D eigenvalue weighted by atomic mass is 10.1. The van der Waals surface area contributed by atoms with E-state index in [0.29, 0.717) is 0 Å². The number of aliphatic carboxylic acids is 1. The van der Waals surface area contributed by atoms with Gasteiger partial charge in [-0.3, -0.25) is 0 Å². The fraction of sp³-hybridized carbons (Fsp3) is 0.778. The highest BCUT2D eigenvalue weighted by atomic mass is 28.4. The van der Waals surface area contributed by atoms with Crippen LogP contribution in [0.5, 0.6) is 0 Å². The number of alkyl carbamates (subject to hydrolysis) is 1. The first-order valence-corrected chi connectivity index (χ1v) is 11.4. The van der Waals surface area contributed by atoms with Crippen LogP contribution in [0.3, 0.4) is 0 Å². The molecule has 0 rings (SSSR count). The van der Waals surface area contributed by atoms with E-state index in [1.165, 1.54) is 0 Å². The highest BCUT2D eigenvalue weighted by Crippen LogP contribution is 2.37. The first-order chi connectivity index (χ1) is 11.0. The van der Waals surface area contributed by atoms with Crippen LogP contribution in [0.2, 0.25) is 18.1 Å². The first kappa shape index (κ1) is 23.7. The third kappa shape index (κ3) is 8.53. The molecule has 0 unspecified atom stereocenters. The van der Waals surface area contributed by atoms with E-state index in [9.17, 15) is 14.7 Å². The standard InChI is InChI=1S/C18H35NO5Si/c1-12(2)11-13(19-16(22)23-17(3,4)5)14(15(20)21)24-25(9,10)18(6,7)8/h11,13-14H,1-10H3,(H,19,22)(H,20,21)/t13-,14+/m0/s1. The maximum Gasteiger partial charge on any atom is 0.408 e. The molecule has 0 bridgehead atoms. The van der Waals surface area contributed by atoms with E-state index in [-0.39, 0.29) is 5.04 Å². The molecule has 2 N–H and O–H groups in total. The van der Waals surface area contributed by atoms with Crippen molar-refractivity contribution in [3.05, 3.63) is 11.6 Å². The molecule has 7 heteroatoms. The van der Waals surface area contributed by atoms with Gasteiger partial charge in [-0.15, -0.1) is 0 Å². The monoisotopic (exact) mass is 373 g/mol. The summed E-state index contributed by atoms with van der Waals surface area (Å²) < 4.78 is 11.3. The third-order valence-electron chi connectivity index (χ3n) is 3.99. The number of nitrogens with one attached hydrogen (secondary N) is 1. The van der Waals surface area contributed by atoms with Gasteiger partial charge < -0.3 is 19.6 Å². The molecule has 0 heterocycles. The van der Waals surface area contributed by atoms with Crippen LogP contribution < -0.4 is 5.32 Å². The predicted octanol–water partition coefficient (Wildman–Crippen LogP) is 4.32. The number of carboxylic acid groups (broad SMARTS) is 1. The molecule has 0 aromatic rings. The lowest BCUT2D eigenvalue weighted by Gasteiger charge is -2.39. The summed E-state index contributed by atoms with van der Waals surface area (Å²) in [4.78, 5) is 24.0. The largest absolute Gasteiger partial charge is 0.479 e. The van der Waals surface area contributed by atoms with E-state index in [4.69, 9.17) is 9.16 Å². The maximum atomic E-state index is 12.1. The second kappa shape index (κ2) is 8.36. The van der Waals surface area contributed by atoms with E-state index < -0.39 is 38.1 Å². The minimum Gasteiger partial charge on any atom is -0.479 e. The van der Waals surface area contributed by atoms with Gasteiger partial charge in [-0.05, 0) is 52.8 Å². The van der Waals surface area contributed by atoms with Crippen LogP contribution in [0.4, 0.5) is 4.79 Å². The van der Waals surface area contributed by atoms with E-state index in [1.54, 1.807) is 26.8 Å². The number of rotatable bonds is 6. The Hall–Kier alpha value is -1.34. The van der Waals surface area contributed by atoms with E-state index in [0.717, 1.165) is 5.57 Å². The van der Waals surface area contributed by atoms with Crippen molar-refractivity contribution < 1.29 is 23.9 Å². The summed E-state index contributed by atoms with van der Waals surface area (Å²) in [5, 5.41) is 12.2. The second-order valence-electron chi connectivity index (χ2n) is 9.05. The molecular weight excluding hydrogens is 338 g/mol. The molecule has 0 aromatic carbocycles. The van der Waals surface area contributed by atoms with Crippen LogP contribution in [0, 0.1) is 0 Å². The Labute approximate surface area is 153 Å². The minimum absolute atomic E-state index is 0.151. The molecule has 6 nitrogen and oxygen atoms in total. The molecule has 146 valence electrons. The average Bonchev–Trinajstić information content (AvgIpc) is 2.30. The summed E-state index contributed by atoms with van der Waals surface area (Å²) in [5.41, 5.74) is 0.213. The summed E-state index contributed by atoms with van der Waals surface area (Å²) in [7, 11) is -2.34. The molecule has 0 aliphatic heterocycles. The Morgan fingerprint density at radius 1 is 1.08 bits per heavy atom. The lowest BCUT2D eigenvalue weighted by molar-refractivity contribution is -0.146. The topological polar surface area (TPSA) is 84.9 Å². The fourth-order valence-corrected chi connectivity index (χ4v) is 3.01. The van der Waals surface area contributed by atoms with Crippen molar-refractivity contribution in [2.45, 2.75) is 91.3 Å². The zero-order valence-electron chi connectivity index (χ0n) is 17.3. The van der Waals surface area contributed by atoms with Crippen molar-refractivity contribution in [2.24, 2.45) is 0 Å². The number of amides is 1. The molecule has 0 saturated carbocycles. The van der Waals surface area contributed by atoms with E-state index in [1.807, 2.05) is 47.7 Å². The van der Waals surface area contributed by atoms with Gasteiger partial charge in [-0.1, -0.05) is 32.4 Å². The second-order valence-corrected chi connectivity index (χ2v) is 13.8.